The fourth-order valence-corrected chi connectivity index (χ4v) is 3.50. The average molecular weight is 310 g/mol. The van der Waals surface area contributed by atoms with Gasteiger partial charge in [0.05, 0.1) is 16.5 Å². The van der Waals surface area contributed by atoms with E-state index in [-0.39, 0.29) is 15.5 Å². The lowest BCUT2D eigenvalue weighted by molar-refractivity contribution is 0.281. The standard InChI is InChI=1S/C12H17ClFNO3S/c1-3-5-15(4-2)19(17,18)10-6-9(8-16)12(13)11(14)7-10/h6-7,16H,3-5,8H2,1-2H3. The van der Waals surface area contributed by atoms with Gasteiger partial charge < -0.3 is 5.11 Å². The highest BCUT2D eigenvalue weighted by Crippen LogP contribution is 2.26. The fourth-order valence-electron chi connectivity index (χ4n) is 1.73. The largest absolute Gasteiger partial charge is 0.392 e. The van der Waals surface area contributed by atoms with E-state index >= 15 is 0 Å². The van der Waals surface area contributed by atoms with E-state index in [2.05, 4.69) is 0 Å². The van der Waals surface area contributed by atoms with Gasteiger partial charge in [-0.05, 0) is 18.6 Å². The lowest BCUT2D eigenvalue weighted by Gasteiger charge is -2.20. The van der Waals surface area contributed by atoms with Crippen molar-refractivity contribution < 1.29 is 17.9 Å². The molecule has 0 unspecified atom stereocenters. The second kappa shape index (κ2) is 6.65. The molecule has 4 nitrogen and oxygen atoms in total. The number of aliphatic hydroxyl groups is 1. The zero-order valence-electron chi connectivity index (χ0n) is 10.9. The van der Waals surface area contributed by atoms with Gasteiger partial charge in [0, 0.05) is 18.7 Å². The molecule has 7 heteroatoms. The Morgan fingerprint density at radius 1 is 1.37 bits per heavy atom. The van der Waals surface area contributed by atoms with Crippen molar-refractivity contribution in [3.05, 3.63) is 28.5 Å². The lowest BCUT2D eigenvalue weighted by atomic mass is 10.2. The molecule has 1 aromatic carbocycles. The van der Waals surface area contributed by atoms with Crippen molar-refractivity contribution in [2.75, 3.05) is 13.1 Å². The van der Waals surface area contributed by atoms with Crippen LogP contribution in [0.3, 0.4) is 0 Å². The SMILES string of the molecule is CCCN(CC)S(=O)(=O)c1cc(F)c(Cl)c(CO)c1. The van der Waals surface area contributed by atoms with Gasteiger partial charge in [0.25, 0.3) is 0 Å². The van der Waals surface area contributed by atoms with E-state index < -0.39 is 22.4 Å². The molecule has 0 aliphatic heterocycles. The van der Waals surface area contributed by atoms with Crippen LogP contribution in [-0.4, -0.2) is 30.9 Å². The summed E-state index contributed by atoms with van der Waals surface area (Å²) >= 11 is 5.65. The second-order valence-corrected chi connectivity index (χ2v) is 6.35. The molecule has 0 bridgehead atoms. The Hall–Kier alpha value is -0.690. The van der Waals surface area contributed by atoms with Crippen LogP contribution in [-0.2, 0) is 16.6 Å². The molecular formula is C12H17ClFNO3S. The van der Waals surface area contributed by atoms with Gasteiger partial charge in [0.1, 0.15) is 5.82 Å². The first-order valence-corrected chi connectivity index (χ1v) is 7.79. The van der Waals surface area contributed by atoms with Gasteiger partial charge in [0.15, 0.2) is 0 Å². The van der Waals surface area contributed by atoms with Gasteiger partial charge in [-0.25, -0.2) is 12.8 Å². The summed E-state index contributed by atoms with van der Waals surface area (Å²) in [6.07, 6.45) is 0.663. The van der Waals surface area contributed by atoms with E-state index in [9.17, 15) is 12.8 Å². The molecule has 0 spiro atoms. The number of nitrogens with zero attached hydrogens (tertiary/aromatic N) is 1. The molecule has 0 fully saturated rings. The van der Waals surface area contributed by atoms with Gasteiger partial charge in [-0.2, -0.15) is 4.31 Å². The Morgan fingerprint density at radius 3 is 2.47 bits per heavy atom. The van der Waals surface area contributed by atoms with Crippen LogP contribution in [0.4, 0.5) is 4.39 Å². The highest BCUT2D eigenvalue weighted by atomic mass is 35.5. The molecule has 0 aliphatic carbocycles. The number of rotatable bonds is 6. The Bertz CT molecular complexity index is 548. The normalized spacial score (nSPS) is 12.1. The average Bonchev–Trinajstić information content (AvgIpc) is 2.38. The fraction of sp³-hybridized carbons (Fsp3) is 0.500. The summed E-state index contributed by atoms with van der Waals surface area (Å²) in [6, 6.07) is 2.09. The van der Waals surface area contributed by atoms with Crippen LogP contribution in [0, 0.1) is 5.82 Å². The minimum absolute atomic E-state index is 0.0628. The molecular weight excluding hydrogens is 293 g/mol. The quantitative estimate of drug-likeness (QED) is 0.878. The molecule has 0 amide bonds. The maximum Gasteiger partial charge on any atom is 0.243 e. The van der Waals surface area contributed by atoms with Crippen LogP contribution in [0.1, 0.15) is 25.8 Å². The molecule has 0 saturated heterocycles. The Morgan fingerprint density at radius 2 is 2.00 bits per heavy atom. The predicted octanol–water partition coefficient (Wildman–Crippen LogP) is 2.39. The first-order valence-electron chi connectivity index (χ1n) is 5.97. The molecule has 1 rings (SSSR count). The summed E-state index contributed by atoms with van der Waals surface area (Å²) < 4.78 is 39.5. The van der Waals surface area contributed by atoms with E-state index in [0.29, 0.717) is 19.5 Å². The van der Waals surface area contributed by atoms with E-state index in [4.69, 9.17) is 16.7 Å². The summed E-state index contributed by atoms with van der Waals surface area (Å²) in [5.41, 5.74) is 0.0628. The molecule has 0 atom stereocenters. The Labute approximate surface area is 117 Å². The zero-order chi connectivity index (χ0) is 14.6. The third-order valence-corrected chi connectivity index (χ3v) is 5.09. The van der Waals surface area contributed by atoms with Crippen molar-refractivity contribution in [2.45, 2.75) is 31.8 Å². The molecule has 0 aromatic heterocycles. The van der Waals surface area contributed by atoms with Crippen molar-refractivity contribution in [1.29, 1.82) is 0 Å². The maximum absolute atomic E-state index is 13.6. The molecule has 1 aromatic rings. The number of aliphatic hydroxyl groups excluding tert-OH is 1. The summed E-state index contributed by atoms with van der Waals surface area (Å²) in [7, 11) is -3.76. The van der Waals surface area contributed by atoms with Crippen LogP contribution in [0.25, 0.3) is 0 Å². The molecule has 1 N–H and O–H groups in total. The monoisotopic (exact) mass is 309 g/mol. The molecule has 108 valence electrons. The van der Waals surface area contributed by atoms with Gasteiger partial charge in [-0.15, -0.1) is 0 Å². The molecule has 0 heterocycles. The van der Waals surface area contributed by atoms with Crippen LogP contribution in [0.15, 0.2) is 17.0 Å². The molecule has 0 saturated carbocycles. The third kappa shape index (κ3) is 3.45. The summed E-state index contributed by atoms with van der Waals surface area (Å²) in [5, 5.41) is 8.82. The second-order valence-electron chi connectivity index (χ2n) is 4.03. The van der Waals surface area contributed by atoms with Crippen LogP contribution >= 0.6 is 11.6 Å². The Kier molecular flexibility index (Phi) is 5.73. The molecule has 0 aliphatic rings. The number of sulfonamides is 1. The highest BCUT2D eigenvalue weighted by Gasteiger charge is 2.24. The summed E-state index contributed by atoms with van der Waals surface area (Å²) in [4.78, 5) is -0.186. The number of hydrogen-bond acceptors (Lipinski definition) is 3. The van der Waals surface area contributed by atoms with Gasteiger partial charge in [-0.1, -0.05) is 25.4 Å². The predicted molar refractivity (Wildman–Crippen MR) is 72.1 cm³/mol. The van der Waals surface area contributed by atoms with Gasteiger partial charge in [-0.3, -0.25) is 0 Å². The van der Waals surface area contributed by atoms with Crippen LogP contribution in [0.2, 0.25) is 5.02 Å². The number of halogens is 2. The minimum Gasteiger partial charge on any atom is -0.392 e. The lowest BCUT2D eigenvalue weighted by Crippen LogP contribution is -2.31. The van der Waals surface area contributed by atoms with Crippen molar-refractivity contribution in [3.63, 3.8) is 0 Å². The van der Waals surface area contributed by atoms with Gasteiger partial charge >= 0.3 is 0 Å². The first kappa shape index (κ1) is 16.4. The summed E-state index contributed by atoms with van der Waals surface area (Å²) in [6.45, 7) is 3.72. The van der Waals surface area contributed by atoms with Crippen molar-refractivity contribution in [3.8, 4) is 0 Å². The van der Waals surface area contributed by atoms with Crippen molar-refractivity contribution >= 4 is 21.6 Å². The highest BCUT2D eigenvalue weighted by molar-refractivity contribution is 7.89. The van der Waals surface area contributed by atoms with Crippen LogP contribution in [0.5, 0.6) is 0 Å². The topological polar surface area (TPSA) is 57.6 Å². The van der Waals surface area contributed by atoms with E-state index in [1.807, 2.05) is 6.92 Å². The summed E-state index contributed by atoms with van der Waals surface area (Å²) in [5.74, 6) is -0.848. The number of hydrogen-bond donors (Lipinski definition) is 1. The van der Waals surface area contributed by atoms with Crippen LogP contribution < -0.4 is 0 Å². The van der Waals surface area contributed by atoms with Crippen molar-refractivity contribution in [2.24, 2.45) is 0 Å². The van der Waals surface area contributed by atoms with E-state index in [0.717, 1.165) is 6.07 Å². The smallest absolute Gasteiger partial charge is 0.243 e. The molecule has 0 radical (unpaired) electrons. The number of benzene rings is 1. The zero-order valence-corrected chi connectivity index (χ0v) is 12.4. The first-order chi connectivity index (χ1) is 8.88. The minimum atomic E-state index is -3.76. The van der Waals surface area contributed by atoms with Crippen molar-refractivity contribution in [1.82, 2.24) is 4.31 Å². The Balaban J connectivity index is 3.32. The van der Waals surface area contributed by atoms with Gasteiger partial charge in [0.2, 0.25) is 10.0 Å². The van der Waals surface area contributed by atoms with E-state index in [1.54, 1.807) is 6.92 Å². The van der Waals surface area contributed by atoms with E-state index in [1.165, 1.54) is 10.4 Å². The molecule has 19 heavy (non-hydrogen) atoms. The maximum atomic E-state index is 13.6. The third-order valence-electron chi connectivity index (χ3n) is 2.71.